The first-order chi connectivity index (χ1) is 10.3. The minimum absolute atomic E-state index is 0.190. The summed E-state index contributed by atoms with van der Waals surface area (Å²) in [5.41, 5.74) is 0.389. The number of ether oxygens (including phenoxy) is 1. The Morgan fingerprint density at radius 1 is 1.41 bits per heavy atom. The van der Waals surface area contributed by atoms with Gasteiger partial charge >= 0.3 is 0 Å². The van der Waals surface area contributed by atoms with Gasteiger partial charge in [-0.05, 0) is 38.0 Å². The number of unbranched alkanes of at least 4 members (excludes halogenated alkanes) is 1. The zero-order valence-electron chi connectivity index (χ0n) is 13.4. The fourth-order valence-electron chi connectivity index (χ4n) is 2.66. The zero-order valence-corrected chi connectivity index (χ0v) is 15.0. The highest BCUT2D eigenvalue weighted by molar-refractivity contribution is 7.89. The standard InChI is InChI=1S/C16H24ClNO3S/c1-4-5-9-22(19,20)18-11-15(21-12-16(18,2)3)13-7-6-8-14(17)10-13/h6-8,10,15H,4-5,9,11-12H2,1-3H3. The van der Waals surface area contributed by atoms with Crippen LogP contribution in [0.3, 0.4) is 0 Å². The van der Waals surface area contributed by atoms with E-state index in [4.69, 9.17) is 16.3 Å². The van der Waals surface area contributed by atoms with Crippen LogP contribution in [0.4, 0.5) is 0 Å². The molecule has 22 heavy (non-hydrogen) atoms. The molecule has 1 fully saturated rings. The van der Waals surface area contributed by atoms with Gasteiger partial charge in [-0.3, -0.25) is 0 Å². The van der Waals surface area contributed by atoms with E-state index in [2.05, 4.69) is 0 Å². The number of morpholine rings is 1. The second kappa shape index (κ2) is 6.87. The monoisotopic (exact) mass is 345 g/mol. The van der Waals surface area contributed by atoms with Gasteiger partial charge in [-0.2, -0.15) is 4.31 Å². The first-order valence-corrected chi connectivity index (χ1v) is 9.62. The van der Waals surface area contributed by atoms with Crippen LogP contribution in [-0.4, -0.2) is 37.2 Å². The molecule has 0 N–H and O–H groups in total. The van der Waals surface area contributed by atoms with E-state index >= 15 is 0 Å². The maximum Gasteiger partial charge on any atom is 0.214 e. The van der Waals surface area contributed by atoms with Crippen LogP contribution >= 0.6 is 11.6 Å². The number of halogens is 1. The number of nitrogens with zero attached hydrogens (tertiary/aromatic N) is 1. The highest BCUT2D eigenvalue weighted by atomic mass is 35.5. The molecule has 2 rings (SSSR count). The van der Waals surface area contributed by atoms with E-state index in [0.29, 0.717) is 24.6 Å². The maximum atomic E-state index is 12.6. The molecule has 0 saturated carbocycles. The van der Waals surface area contributed by atoms with Crippen LogP contribution in [-0.2, 0) is 14.8 Å². The third-order valence-electron chi connectivity index (χ3n) is 3.96. The number of sulfonamides is 1. The molecule has 0 aromatic heterocycles. The molecule has 0 bridgehead atoms. The van der Waals surface area contributed by atoms with Gasteiger partial charge in [0.25, 0.3) is 0 Å². The molecule has 0 radical (unpaired) electrons. The second-order valence-electron chi connectivity index (χ2n) is 6.37. The predicted octanol–water partition coefficient (Wildman–Crippen LogP) is 3.62. The first kappa shape index (κ1) is 17.7. The molecule has 1 saturated heterocycles. The quantitative estimate of drug-likeness (QED) is 0.818. The molecule has 1 aromatic carbocycles. The lowest BCUT2D eigenvalue weighted by Crippen LogP contribution is -2.56. The normalized spacial score (nSPS) is 22.6. The average Bonchev–Trinajstić information content (AvgIpc) is 2.44. The lowest BCUT2D eigenvalue weighted by molar-refractivity contribution is -0.0655. The first-order valence-electron chi connectivity index (χ1n) is 7.64. The van der Waals surface area contributed by atoms with Gasteiger partial charge in [0.2, 0.25) is 10.0 Å². The lowest BCUT2D eigenvalue weighted by Gasteiger charge is -2.44. The van der Waals surface area contributed by atoms with Crippen LogP contribution in [0.1, 0.15) is 45.3 Å². The van der Waals surface area contributed by atoms with Crippen LogP contribution < -0.4 is 0 Å². The smallest absolute Gasteiger partial charge is 0.214 e. The van der Waals surface area contributed by atoms with Gasteiger partial charge in [-0.25, -0.2) is 8.42 Å². The Bertz CT molecular complexity index is 616. The molecular formula is C16H24ClNO3S. The number of hydrogen-bond donors (Lipinski definition) is 0. The van der Waals surface area contributed by atoms with Crippen LogP contribution in [0, 0.1) is 0 Å². The van der Waals surface area contributed by atoms with Crippen molar-refractivity contribution < 1.29 is 13.2 Å². The fourth-order valence-corrected chi connectivity index (χ4v) is 4.90. The number of rotatable bonds is 5. The van der Waals surface area contributed by atoms with Crippen molar-refractivity contribution in [3.63, 3.8) is 0 Å². The Morgan fingerprint density at radius 3 is 2.77 bits per heavy atom. The lowest BCUT2D eigenvalue weighted by atomic mass is 10.0. The largest absolute Gasteiger partial charge is 0.370 e. The van der Waals surface area contributed by atoms with Crippen molar-refractivity contribution in [1.29, 1.82) is 0 Å². The van der Waals surface area contributed by atoms with E-state index in [1.165, 1.54) is 0 Å². The minimum atomic E-state index is -3.28. The highest BCUT2D eigenvalue weighted by Crippen LogP contribution is 2.33. The van der Waals surface area contributed by atoms with Crippen LogP contribution in [0.2, 0.25) is 5.02 Å². The van der Waals surface area contributed by atoms with E-state index in [0.717, 1.165) is 12.0 Å². The maximum absolute atomic E-state index is 12.6. The van der Waals surface area contributed by atoms with Crippen LogP contribution in [0.15, 0.2) is 24.3 Å². The van der Waals surface area contributed by atoms with Crippen molar-refractivity contribution >= 4 is 21.6 Å². The molecule has 124 valence electrons. The van der Waals surface area contributed by atoms with E-state index in [9.17, 15) is 8.42 Å². The van der Waals surface area contributed by atoms with Crippen LogP contribution in [0.5, 0.6) is 0 Å². The van der Waals surface area contributed by atoms with Gasteiger partial charge in [0.15, 0.2) is 0 Å². The minimum Gasteiger partial charge on any atom is -0.370 e. The summed E-state index contributed by atoms with van der Waals surface area (Å²) in [4.78, 5) is 0. The molecule has 6 heteroatoms. The van der Waals surface area contributed by atoms with E-state index < -0.39 is 15.6 Å². The second-order valence-corrected chi connectivity index (χ2v) is 8.82. The summed E-state index contributed by atoms with van der Waals surface area (Å²) in [6.07, 6.45) is 1.27. The summed E-state index contributed by atoms with van der Waals surface area (Å²) in [5, 5.41) is 0.631. The van der Waals surface area contributed by atoms with E-state index in [1.807, 2.05) is 39.0 Å². The van der Waals surface area contributed by atoms with Crippen LogP contribution in [0.25, 0.3) is 0 Å². The van der Waals surface area contributed by atoms with E-state index in [1.54, 1.807) is 10.4 Å². The van der Waals surface area contributed by atoms with Gasteiger partial charge in [0.1, 0.15) is 0 Å². The SMILES string of the molecule is CCCCS(=O)(=O)N1CC(c2cccc(Cl)c2)OCC1(C)C. The fraction of sp³-hybridized carbons (Fsp3) is 0.625. The Hall–Kier alpha value is -0.620. The van der Waals surface area contributed by atoms with Gasteiger partial charge in [0, 0.05) is 11.6 Å². The molecule has 1 unspecified atom stereocenters. The number of hydrogen-bond acceptors (Lipinski definition) is 3. The third kappa shape index (κ3) is 4.02. The summed E-state index contributed by atoms with van der Waals surface area (Å²) in [6, 6.07) is 7.41. The molecule has 0 spiro atoms. The topological polar surface area (TPSA) is 46.6 Å². The van der Waals surface area contributed by atoms with Crippen molar-refractivity contribution in [2.75, 3.05) is 18.9 Å². The van der Waals surface area contributed by atoms with Crippen molar-refractivity contribution in [2.24, 2.45) is 0 Å². The summed E-state index contributed by atoms with van der Waals surface area (Å²) < 4.78 is 32.8. The Labute approximate surface area is 138 Å². The van der Waals surface area contributed by atoms with Gasteiger partial charge in [-0.15, -0.1) is 0 Å². The summed E-state index contributed by atoms with van der Waals surface area (Å²) in [7, 11) is -3.28. The van der Waals surface area contributed by atoms with Gasteiger partial charge < -0.3 is 4.74 Å². The number of benzene rings is 1. The Morgan fingerprint density at radius 2 is 2.14 bits per heavy atom. The summed E-state index contributed by atoms with van der Waals surface area (Å²) in [5.74, 6) is 0.190. The molecule has 1 aliphatic heterocycles. The molecule has 1 aliphatic rings. The average molecular weight is 346 g/mol. The molecular weight excluding hydrogens is 322 g/mol. The zero-order chi connectivity index (χ0) is 16.4. The molecule has 1 heterocycles. The molecule has 1 aromatic rings. The van der Waals surface area contributed by atoms with E-state index in [-0.39, 0.29) is 11.9 Å². The Kier molecular flexibility index (Phi) is 5.54. The third-order valence-corrected chi connectivity index (χ3v) is 6.31. The molecule has 1 atom stereocenters. The predicted molar refractivity (Wildman–Crippen MR) is 89.6 cm³/mol. The van der Waals surface area contributed by atoms with Crippen molar-refractivity contribution in [2.45, 2.75) is 45.3 Å². The van der Waals surface area contributed by atoms with Crippen molar-refractivity contribution in [3.05, 3.63) is 34.9 Å². The molecule has 4 nitrogen and oxygen atoms in total. The van der Waals surface area contributed by atoms with Crippen molar-refractivity contribution in [1.82, 2.24) is 4.31 Å². The molecule has 0 aliphatic carbocycles. The van der Waals surface area contributed by atoms with Crippen molar-refractivity contribution in [3.8, 4) is 0 Å². The van der Waals surface area contributed by atoms with Gasteiger partial charge in [-0.1, -0.05) is 37.1 Å². The highest BCUT2D eigenvalue weighted by Gasteiger charge is 2.42. The summed E-state index contributed by atoms with van der Waals surface area (Å²) >= 11 is 6.03. The summed E-state index contributed by atoms with van der Waals surface area (Å²) in [6.45, 7) is 6.51. The molecule has 0 amide bonds. The Balaban J connectivity index is 2.24. The van der Waals surface area contributed by atoms with Gasteiger partial charge in [0.05, 0.1) is 24.0 Å².